The summed E-state index contributed by atoms with van der Waals surface area (Å²) in [6.07, 6.45) is 3.65. The van der Waals surface area contributed by atoms with E-state index in [-0.39, 0.29) is 4.90 Å². The standard InChI is InChI=1S/C23H20N4O2S/c1-17-7-9-18(10-8-17)23-19(15-25-20-5-3-2-4-6-20)16-27(26-23)21-11-13-22(14-12-21)30(24,28)29/h2-16H,1H3,(H2,24,28,29). The maximum absolute atomic E-state index is 11.5. The quantitative estimate of drug-likeness (QED) is 0.493. The zero-order chi connectivity index (χ0) is 21.1. The third kappa shape index (κ3) is 4.37. The van der Waals surface area contributed by atoms with Gasteiger partial charge in [-0.1, -0.05) is 48.0 Å². The second-order valence-electron chi connectivity index (χ2n) is 6.88. The van der Waals surface area contributed by atoms with Gasteiger partial charge in [0, 0.05) is 23.5 Å². The normalized spacial score (nSPS) is 11.8. The number of aromatic nitrogens is 2. The van der Waals surface area contributed by atoms with Gasteiger partial charge < -0.3 is 0 Å². The van der Waals surface area contributed by atoms with Gasteiger partial charge in [-0.2, -0.15) is 5.10 Å². The maximum Gasteiger partial charge on any atom is 0.238 e. The van der Waals surface area contributed by atoms with Gasteiger partial charge in [-0.15, -0.1) is 0 Å². The smallest absolute Gasteiger partial charge is 0.238 e. The van der Waals surface area contributed by atoms with Gasteiger partial charge >= 0.3 is 0 Å². The van der Waals surface area contributed by atoms with Crippen LogP contribution in [0.15, 0.2) is 94.9 Å². The molecule has 0 bridgehead atoms. The van der Waals surface area contributed by atoms with Gasteiger partial charge in [0.25, 0.3) is 0 Å². The second-order valence-corrected chi connectivity index (χ2v) is 8.44. The highest BCUT2D eigenvalue weighted by atomic mass is 32.2. The Balaban J connectivity index is 1.77. The van der Waals surface area contributed by atoms with Crippen molar-refractivity contribution in [2.75, 3.05) is 0 Å². The molecule has 7 heteroatoms. The predicted octanol–water partition coefficient (Wildman–Crippen LogP) is 4.25. The van der Waals surface area contributed by atoms with E-state index in [2.05, 4.69) is 4.99 Å². The van der Waals surface area contributed by atoms with E-state index in [1.807, 2.05) is 67.7 Å². The van der Waals surface area contributed by atoms with Crippen molar-refractivity contribution in [2.24, 2.45) is 10.1 Å². The molecule has 0 saturated carbocycles. The van der Waals surface area contributed by atoms with Gasteiger partial charge in [0.1, 0.15) is 5.69 Å². The molecule has 0 fully saturated rings. The van der Waals surface area contributed by atoms with Crippen molar-refractivity contribution in [1.29, 1.82) is 0 Å². The first kappa shape index (κ1) is 19.8. The molecule has 150 valence electrons. The number of benzene rings is 3. The Morgan fingerprint density at radius 2 is 1.60 bits per heavy atom. The molecular formula is C23H20N4O2S. The number of rotatable bonds is 5. The van der Waals surface area contributed by atoms with Crippen molar-refractivity contribution in [2.45, 2.75) is 11.8 Å². The average Bonchev–Trinajstić information content (AvgIpc) is 3.17. The third-order valence-corrected chi connectivity index (χ3v) is 5.54. The lowest BCUT2D eigenvalue weighted by atomic mass is 10.1. The second kappa shape index (κ2) is 8.06. The minimum Gasteiger partial charge on any atom is -0.256 e. The zero-order valence-corrected chi connectivity index (χ0v) is 17.1. The van der Waals surface area contributed by atoms with Crippen molar-refractivity contribution in [3.05, 3.63) is 96.2 Å². The average molecular weight is 417 g/mol. The number of aryl methyl sites for hydroxylation is 1. The molecule has 30 heavy (non-hydrogen) atoms. The summed E-state index contributed by atoms with van der Waals surface area (Å²) < 4.78 is 24.7. The number of hydrogen-bond donors (Lipinski definition) is 1. The molecule has 0 spiro atoms. The maximum atomic E-state index is 11.5. The number of primary sulfonamides is 1. The molecule has 2 N–H and O–H groups in total. The summed E-state index contributed by atoms with van der Waals surface area (Å²) in [7, 11) is -3.74. The van der Waals surface area contributed by atoms with Gasteiger partial charge in [0.15, 0.2) is 0 Å². The molecule has 6 nitrogen and oxygen atoms in total. The Hall–Kier alpha value is -3.55. The van der Waals surface area contributed by atoms with Crippen molar-refractivity contribution < 1.29 is 8.42 Å². The van der Waals surface area contributed by atoms with Crippen LogP contribution in [0.2, 0.25) is 0 Å². The number of para-hydroxylation sites is 1. The molecule has 1 heterocycles. The highest BCUT2D eigenvalue weighted by Crippen LogP contribution is 2.24. The summed E-state index contributed by atoms with van der Waals surface area (Å²) >= 11 is 0. The minimum atomic E-state index is -3.74. The van der Waals surface area contributed by atoms with Crippen LogP contribution in [0.25, 0.3) is 16.9 Å². The van der Waals surface area contributed by atoms with Crippen LogP contribution < -0.4 is 5.14 Å². The first-order valence-corrected chi connectivity index (χ1v) is 10.8. The van der Waals surface area contributed by atoms with Crippen LogP contribution in [0.5, 0.6) is 0 Å². The van der Waals surface area contributed by atoms with Gasteiger partial charge in [0.2, 0.25) is 10.0 Å². The van der Waals surface area contributed by atoms with Crippen molar-refractivity contribution in [3.63, 3.8) is 0 Å². The van der Waals surface area contributed by atoms with Gasteiger partial charge in [0.05, 0.1) is 16.3 Å². The third-order valence-electron chi connectivity index (χ3n) is 4.61. The van der Waals surface area contributed by atoms with Crippen LogP contribution in [0.4, 0.5) is 5.69 Å². The van der Waals surface area contributed by atoms with Crippen molar-refractivity contribution in [1.82, 2.24) is 9.78 Å². The number of nitrogens with two attached hydrogens (primary N) is 1. The molecule has 4 rings (SSSR count). The Morgan fingerprint density at radius 1 is 0.933 bits per heavy atom. The van der Waals surface area contributed by atoms with E-state index < -0.39 is 10.0 Å². The largest absolute Gasteiger partial charge is 0.256 e. The molecule has 0 atom stereocenters. The Labute approximate surface area is 175 Å². The van der Waals surface area contributed by atoms with Gasteiger partial charge in [-0.3, -0.25) is 4.99 Å². The van der Waals surface area contributed by atoms with E-state index in [0.717, 1.165) is 33.8 Å². The molecule has 0 aliphatic heterocycles. The number of hydrogen-bond acceptors (Lipinski definition) is 4. The molecular weight excluding hydrogens is 396 g/mol. The molecule has 1 aromatic heterocycles. The van der Waals surface area contributed by atoms with Crippen molar-refractivity contribution in [3.8, 4) is 16.9 Å². The molecule has 0 saturated heterocycles. The summed E-state index contributed by atoms with van der Waals surface area (Å²) in [4.78, 5) is 4.62. The number of aliphatic imine (C=N–C) groups is 1. The van der Waals surface area contributed by atoms with Crippen LogP contribution in [0.3, 0.4) is 0 Å². The lowest BCUT2D eigenvalue weighted by Crippen LogP contribution is -2.12. The number of sulfonamides is 1. The van der Waals surface area contributed by atoms with E-state index in [1.165, 1.54) is 12.1 Å². The van der Waals surface area contributed by atoms with E-state index in [0.29, 0.717) is 0 Å². The van der Waals surface area contributed by atoms with E-state index in [4.69, 9.17) is 10.2 Å². The summed E-state index contributed by atoms with van der Waals surface area (Å²) in [5.74, 6) is 0. The molecule has 3 aromatic carbocycles. The van der Waals surface area contributed by atoms with E-state index >= 15 is 0 Å². The summed E-state index contributed by atoms with van der Waals surface area (Å²) in [5.41, 5.74) is 5.32. The van der Waals surface area contributed by atoms with Crippen LogP contribution in [-0.2, 0) is 10.0 Å². The fourth-order valence-corrected chi connectivity index (χ4v) is 3.51. The molecule has 4 aromatic rings. The monoisotopic (exact) mass is 416 g/mol. The Kier molecular flexibility index (Phi) is 5.31. The fourth-order valence-electron chi connectivity index (χ4n) is 3.00. The van der Waals surface area contributed by atoms with Crippen LogP contribution >= 0.6 is 0 Å². The van der Waals surface area contributed by atoms with Crippen LogP contribution in [0.1, 0.15) is 11.1 Å². The molecule has 0 aliphatic carbocycles. The van der Waals surface area contributed by atoms with Gasteiger partial charge in [-0.05, 0) is 43.3 Å². The highest BCUT2D eigenvalue weighted by Gasteiger charge is 2.12. The first-order valence-electron chi connectivity index (χ1n) is 9.29. The van der Waals surface area contributed by atoms with E-state index in [1.54, 1.807) is 23.0 Å². The summed E-state index contributed by atoms with van der Waals surface area (Å²) in [6.45, 7) is 2.03. The Bertz CT molecular complexity index is 1290. The minimum absolute atomic E-state index is 0.0584. The highest BCUT2D eigenvalue weighted by molar-refractivity contribution is 7.89. The van der Waals surface area contributed by atoms with Gasteiger partial charge in [-0.25, -0.2) is 18.2 Å². The van der Waals surface area contributed by atoms with Crippen molar-refractivity contribution >= 4 is 21.9 Å². The molecule has 0 amide bonds. The molecule has 0 radical (unpaired) electrons. The fraction of sp³-hybridized carbons (Fsp3) is 0.0435. The first-order chi connectivity index (χ1) is 14.4. The van der Waals surface area contributed by atoms with Crippen LogP contribution in [-0.4, -0.2) is 24.4 Å². The lowest BCUT2D eigenvalue weighted by molar-refractivity contribution is 0.598. The summed E-state index contributed by atoms with van der Waals surface area (Å²) in [5, 5.41) is 9.92. The lowest BCUT2D eigenvalue weighted by Gasteiger charge is -2.03. The topological polar surface area (TPSA) is 90.3 Å². The summed E-state index contributed by atoms with van der Waals surface area (Å²) in [6, 6.07) is 24.1. The number of nitrogens with zero attached hydrogens (tertiary/aromatic N) is 3. The molecule has 0 aliphatic rings. The predicted molar refractivity (Wildman–Crippen MR) is 119 cm³/mol. The molecule has 0 unspecified atom stereocenters. The van der Waals surface area contributed by atoms with Crippen LogP contribution in [0, 0.1) is 6.92 Å². The van der Waals surface area contributed by atoms with E-state index in [9.17, 15) is 8.42 Å². The SMILES string of the molecule is Cc1ccc(-c2nn(-c3ccc(S(N)(=O)=O)cc3)cc2C=Nc2ccccc2)cc1. The Morgan fingerprint density at radius 3 is 2.23 bits per heavy atom. The zero-order valence-electron chi connectivity index (χ0n) is 16.3.